The lowest BCUT2D eigenvalue weighted by Gasteiger charge is -2.18. The lowest BCUT2D eigenvalue weighted by atomic mass is 10.2. The molecule has 1 aliphatic heterocycles. The number of hydrogen-bond acceptors (Lipinski definition) is 3. The van der Waals surface area contributed by atoms with Crippen LogP contribution in [-0.4, -0.2) is 39.5 Å². The zero-order valence-corrected chi connectivity index (χ0v) is 13.2. The van der Waals surface area contributed by atoms with Gasteiger partial charge in [0.05, 0.1) is 12.7 Å². The quantitative estimate of drug-likeness (QED) is 0.919. The molecule has 116 valence electrons. The highest BCUT2D eigenvalue weighted by Gasteiger charge is 2.54. The summed E-state index contributed by atoms with van der Waals surface area (Å²) in [5, 5.41) is 14.4. The van der Waals surface area contributed by atoms with Crippen LogP contribution in [0.5, 0.6) is 0 Å². The average molecular weight is 318 g/mol. The van der Waals surface area contributed by atoms with Crippen LogP contribution < -0.4 is 0 Å². The molecule has 1 aromatic carbocycles. The summed E-state index contributed by atoms with van der Waals surface area (Å²) >= 11 is 6.49. The van der Waals surface area contributed by atoms with Crippen molar-refractivity contribution >= 4 is 11.6 Å². The van der Waals surface area contributed by atoms with Crippen molar-refractivity contribution in [3.63, 3.8) is 0 Å². The molecule has 0 amide bonds. The highest BCUT2D eigenvalue weighted by Crippen LogP contribution is 2.51. The number of nitrogens with zero attached hydrogens (tertiary/aromatic N) is 3. The van der Waals surface area contributed by atoms with Gasteiger partial charge in [-0.15, -0.1) is 0 Å². The molecule has 2 heterocycles. The number of aliphatic hydroxyl groups is 1. The minimum Gasteiger partial charge on any atom is -0.396 e. The van der Waals surface area contributed by atoms with Crippen LogP contribution in [0.25, 0.3) is 0 Å². The highest BCUT2D eigenvalue weighted by atomic mass is 35.5. The van der Waals surface area contributed by atoms with Gasteiger partial charge in [0.15, 0.2) is 0 Å². The Morgan fingerprint density at radius 2 is 1.86 bits per heavy atom. The van der Waals surface area contributed by atoms with Crippen molar-refractivity contribution in [1.29, 1.82) is 0 Å². The number of rotatable bonds is 5. The van der Waals surface area contributed by atoms with Crippen LogP contribution in [0.3, 0.4) is 0 Å². The third-order valence-corrected chi connectivity index (χ3v) is 5.51. The first kappa shape index (κ1) is 14.2. The normalized spacial score (nSPS) is 27.1. The van der Waals surface area contributed by atoms with E-state index in [-0.39, 0.29) is 0 Å². The smallest absolute Gasteiger partial charge is 0.131 e. The Kier molecular flexibility index (Phi) is 3.68. The van der Waals surface area contributed by atoms with Crippen LogP contribution >= 0.6 is 11.6 Å². The van der Waals surface area contributed by atoms with Crippen LogP contribution in [0.15, 0.2) is 36.5 Å². The van der Waals surface area contributed by atoms with Gasteiger partial charge in [0.1, 0.15) is 5.15 Å². The molecule has 5 heteroatoms. The molecule has 1 aromatic heterocycles. The molecule has 1 saturated heterocycles. The summed E-state index contributed by atoms with van der Waals surface area (Å²) in [6.45, 7) is 4.07. The first-order valence-corrected chi connectivity index (χ1v) is 8.21. The number of halogens is 1. The van der Waals surface area contributed by atoms with Gasteiger partial charge >= 0.3 is 0 Å². The van der Waals surface area contributed by atoms with E-state index in [1.54, 1.807) is 0 Å². The Morgan fingerprint density at radius 3 is 2.55 bits per heavy atom. The predicted molar refractivity (Wildman–Crippen MR) is 85.6 cm³/mol. The molecule has 1 saturated carbocycles. The molecule has 2 aliphatic rings. The Morgan fingerprint density at radius 1 is 1.14 bits per heavy atom. The zero-order valence-electron chi connectivity index (χ0n) is 12.4. The predicted octanol–water partition coefficient (Wildman–Crippen LogP) is 2.25. The fourth-order valence-electron chi connectivity index (χ4n) is 3.76. The minimum atomic E-state index is 0.346. The van der Waals surface area contributed by atoms with E-state index in [1.165, 1.54) is 5.56 Å². The number of aliphatic hydroxyl groups excluding tert-OH is 1. The minimum absolute atomic E-state index is 0.346. The standard InChI is InChI=1S/C17H20ClN3O/c18-17-13(8-20-9-14-15(10-20)16(14)11-22)6-19-21(17)7-12-4-2-1-3-5-12/h1-6,14-16,22H,7-11H2/t14-,15+,16?. The van der Waals surface area contributed by atoms with Gasteiger partial charge in [-0.05, 0) is 23.3 Å². The molecule has 3 atom stereocenters. The molecule has 4 rings (SSSR count). The zero-order chi connectivity index (χ0) is 15.1. The maximum Gasteiger partial charge on any atom is 0.131 e. The summed E-state index contributed by atoms with van der Waals surface area (Å²) in [4.78, 5) is 2.43. The van der Waals surface area contributed by atoms with Crippen molar-refractivity contribution in [2.24, 2.45) is 17.8 Å². The van der Waals surface area contributed by atoms with E-state index < -0.39 is 0 Å². The Hall–Kier alpha value is -1.36. The number of hydrogen-bond donors (Lipinski definition) is 1. The van der Waals surface area contributed by atoms with Crippen molar-refractivity contribution in [3.05, 3.63) is 52.8 Å². The van der Waals surface area contributed by atoms with Gasteiger partial charge in [0.2, 0.25) is 0 Å². The molecule has 0 bridgehead atoms. The van der Waals surface area contributed by atoms with Gasteiger partial charge in [-0.2, -0.15) is 5.10 Å². The van der Waals surface area contributed by atoms with E-state index in [4.69, 9.17) is 11.6 Å². The molecule has 2 fully saturated rings. The summed E-state index contributed by atoms with van der Waals surface area (Å²) < 4.78 is 1.86. The number of likely N-dealkylation sites (tertiary alicyclic amines) is 1. The second-order valence-corrected chi connectivity index (χ2v) is 6.83. The van der Waals surface area contributed by atoms with Gasteiger partial charge in [-0.3, -0.25) is 4.90 Å². The maximum absolute atomic E-state index is 9.22. The highest BCUT2D eigenvalue weighted by molar-refractivity contribution is 6.30. The van der Waals surface area contributed by atoms with E-state index in [9.17, 15) is 5.11 Å². The van der Waals surface area contributed by atoms with Crippen molar-refractivity contribution in [2.75, 3.05) is 19.7 Å². The van der Waals surface area contributed by atoms with Gasteiger partial charge in [0, 0.05) is 31.8 Å². The van der Waals surface area contributed by atoms with Crippen LogP contribution in [0.1, 0.15) is 11.1 Å². The van der Waals surface area contributed by atoms with E-state index in [1.807, 2.05) is 29.1 Å². The number of fused-ring (bicyclic) bond motifs is 1. The summed E-state index contributed by atoms with van der Waals surface area (Å²) in [5.74, 6) is 1.94. The summed E-state index contributed by atoms with van der Waals surface area (Å²) in [7, 11) is 0. The van der Waals surface area contributed by atoms with Crippen LogP contribution in [-0.2, 0) is 13.1 Å². The van der Waals surface area contributed by atoms with Crippen LogP contribution in [0.4, 0.5) is 0 Å². The monoisotopic (exact) mass is 317 g/mol. The van der Waals surface area contributed by atoms with Crippen molar-refractivity contribution in [2.45, 2.75) is 13.1 Å². The second-order valence-electron chi connectivity index (χ2n) is 6.47. The molecule has 4 nitrogen and oxygen atoms in total. The lowest BCUT2D eigenvalue weighted by molar-refractivity contribution is 0.217. The number of benzene rings is 1. The summed E-state index contributed by atoms with van der Waals surface area (Å²) in [6.07, 6.45) is 1.89. The summed E-state index contributed by atoms with van der Waals surface area (Å²) in [6, 6.07) is 10.2. The fourth-order valence-corrected chi connectivity index (χ4v) is 3.97. The fraction of sp³-hybridized carbons (Fsp3) is 0.471. The van der Waals surface area contributed by atoms with Crippen LogP contribution in [0.2, 0.25) is 5.15 Å². The van der Waals surface area contributed by atoms with Crippen molar-refractivity contribution in [3.8, 4) is 0 Å². The molecule has 0 spiro atoms. The molecule has 2 aromatic rings. The van der Waals surface area contributed by atoms with E-state index in [0.717, 1.165) is 30.4 Å². The second kappa shape index (κ2) is 5.69. The SMILES string of the molecule is OCC1[C@H]2CN(Cc3cnn(Cc4ccccc4)c3Cl)C[C@@H]12. The summed E-state index contributed by atoms with van der Waals surface area (Å²) in [5.41, 5.74) is 2.30. The van der Waals surface area contributed by atoms with E-state index in [0.29, 0.717) is 30.9 Å². The molecular formula is C17H20ClN3O. The Balaban J connectivity index is 1.40. The average Bonchev–Trinajstić information content (AvgIpc) is 2.84. The van der Waals surface area contributed by atoms with Gasteiger partial charge < -0.3 is 5.11 Å². The third-order valence-electron chi connectivity index (χ3n) is 5.07. The number of piperidine rings is 1. The molecule has 0 radical (unpaired) electrons. The third kappa shape index (κ3) is 2.56. The van der Waals surface area contributed by atoms with Crippen molar-refractivity contribution in [1.82, 2.24) is 14.7 Å². The first-order valence-electron chi connectivity index (χ1n) is 7.83. The van der Waals surface area contributed by atoms with Crippen molar-refractivity contribution < 1.29 is 5.11 Å². The van der Waals surface area contributed by atoms with E-state index >= 15 is 0 Å². The number of aromatic nitrogens is 2. The lowest BCUT2D eigenvalue weighted by Crippen LogP contribution is -2.24. The van der Waals surface area contributed by atoms with Gasteiger partial charge in [-0.25, -0.2) is 4.68 Å². The first-order chi connectivity index (χ1) is 10.8. The molecule has 1 unspecified atom stereocenters. The Labute approximate surface area is 135 Å². The molecule has 1 aliphatic carbocycles. The Bertz CT molecular complexity index is 645. The molecule has 22 heavy (non-hydrogen) atoms. The molecule has 1 N–H and O–H groups in total. The van der Waals surface area contributed by atoms with Gasteiger partial charge in [0.25, 0.3) is 0 Å². The van der Waals surface area contributed by atoms with Crippen LogP contribution in [0, 0.1) is 17.8 Å². The maximum atomic E-state index is 9.22. The molecular weight excluding hydrogens is 298 g/mol. The van der Waals surface area contributed by atoms with Gasteiger partial charge in [-0.1, -0.05) is 41.9 Å². The largest absolute Gasteiger partial charge is 0.396 e. The van der Waals surface area contributed by atoms with E-state index in [2.05, 4.69) is 22.1 Å². The topological polar surface area (TPSA) is 41.3 Å².